The molecule has 1 saturated heterocycles. The molecule has 14 nitrogen and oxygen atoms in total. The lowest BCUT2D eigenvalue weighted by Gasteiger charge is -2.33. The van der Waals surface area contributed by atoms with Crippen LogP contribution >= 0.6 is 0 Å². The number of carbonyl (C=O) groups is 1. The summed E-state index contributed by atoms with van der Waals surface area (Å²) in [5.41, 5.74) is 14.8. The molecule has 1 amide bonds. The summed E-state index contributed by atoms with van der Waals surface area (Å²) >= 11 is 0. The van der Waals surface area contributed by atoms with E-state index in [1.807, 2.05) is 11.0 Å². The normalized spacial score (nSPS) is 14.2. The molecule has 1 aromatic carbocycles. The summed E-state index contributed by atoms with van der Waals surface area (Å²) in [5.74, 6) is 1.42. The minimum atomic E-state index is -0.924. The van der Waals surface area contributed by atoms with Gasteiger partial charge in [-0.25, -0.2) is 24.7 Å². The van der Waals surface area contributed by atoms with Gasteiger partial charge < -0.3 is 30.8 Å². The van der Waals surface area contributed by atoms with Crippen molar-refractivity contribution in [1.29, 1.82) is 0 Å². The number of nitrogen functional groups attached to an aromatic ring is 2. The predicted molar refractivity (Wildman–Crippen MR) is 126 cm³/mol. The molecule has 1 aliphatic heterocycles. The molecule has 6 rings (SSSR count). The Morgan fingerprint density at radius 3 is 2.54 bits per heavy atom. The van der Waals surface area contributed by atoms with Crippen LogP contribution in [0.25, 0.3) is 39.2 Å². The van der Waals surface area contributed by atoms with Gasteiger partial charge >= 0.3 is 6.09 Å². The lowest BCUT2D eigenvalue weighted by Crippen LogP contribution is -2.48. The lowest BCUT2D eigenvalue weighted by molar-refractivity contribution is 0.142. The fourth-order valence-corrected chi connectivity index (χ4v) is 4.18. The number of fused-ring (bicyclic) bond motifs is 2. The Morgan fingerprint density at radius 2 is 1.74 bits per heavy atom. The molecule has 0 saturated carbocycles. The topological polar surface area (TPSA) is 191 Å². The molecular weight excluding hydrogens is 454 g/mol. The minimum Gasteiger partial charge on any atom is -0.465 e. The number of aromatic nitrogens is 7. The number of hydrogen-bond donors (Lipinski definition) is 3. The fraction of sp³-hybridized carbons (Fsp3) is 0.190. The zero-order valence-corrected chi connectivity index (χ0v) is 18.2. The van der Waals surface area contributed by atoms with E-state index in [1.165, 1.54) is 17.6 Å². The highest BCUT2D eigenvalue weighted by atomic mass is 16.4. The molecule has 0 unspecified atom stereocenters. The maximum Gasteiger partial charge on any atom is 0.407 e. The lowest BCUT2D eigenvalue weighted by atomic mass is 10.1. The van der Waals surface area contributed by atoms with Crippen molar-refractivity contribution >= 4 is 45.9 Å². The standard InChI is InChI=1S/C21H19N11O3/c22-18-16-17(11-1-2-13-12(7-11)28-20(23)35-13)29-32(19(16)27-10-26-18)15-8-14(24-9-25-15)30-3-5-31(6-4-30)21(33)34/h1-2,7-10H,3-6H2,(H2,23,28)(H,33,34)(H2,22,26,27). The molecule has 1 aliphatic rings. The van der Waals surface area contributed by atoms with Crippen LogP contribution in [0.3, 0.4) is 0 Å². The van der Waals surface area contributed by atoms with Crippen molar-refractivity contribution < 1.29 is 14.3 Å². The SMILES string of the molecule is Nc1nc2cc(-c3nn(-c4cc(N5CCN(C(=O)O)CC5)ncn4)c4ncnc(N)c34)ccc2o1. The molecule has 0 aliphatic carbocycles. The Kier molecular flexibility index (Phi) is 4.58. The van der Waals surface area contributed by atoms with E-state index in [0.29, 0.717) is 65.6 Å². The Labute approximate surface area is 196 Å². The molecule has 5 N–H and O–H groups in total. The third kappa shape index (κ3) is 3.47. The molecule has 0 atom stereocenters. The van der Waals surface area contributed by atoms with E-state index < -0.39 is 6.09 Å². The number of hydrogen-bond acceptors (Lipinski definition) is 11. The number of nitrogens with zero attached hydrogens (tertiary/aromatic N) is 9. The van der Waals surface area contributed by atoms with Crippen LogP contribution in [0, 0.1) is 0 Å². The number of nitrogens with two attached hydrogens (primary N) is 2. The summed E-state index contributed by atoms with van der Waals surface area (Å²) in [5, 5.41) is 14.5. The Hall–Kier alpha value is -5.01. The molecule has 176 valence electrons. The summed E-state index contributed by atoms with van der Waals surface area (Å²) in [4.78, 5) is 36.1. The molecule has 0 radical (unpaired) electrons. The van der Waals surface area contributed by atoms with Crippen molar-refractivity contribution in [2.24, 2.45) is 0 Å². The van der Waals surface area contributed by atoms with E-state index in [0.717, 1.165) is 5.56 Å². The number of oxazole rings is 1. The molecule has 1 fully saturated rings. The van der Waals surface area contributed by atoms with E-state index in [9.17, 15) is 9.90 Å². The van der Waals surface area contributed by atoms with Crippen molar-refractivity contribution in [3.63, 3.8) is 0 Å². The molecule has 0 bridgehead atoms. The maximum absolute atomic E-state index is 11.2. The van der Waals surface area contributed by atoms with Crippen molar-refractivity contribution in [2.75, 3.05) is 42.5 Å². The van der Waals surface area contributed by atoms with Gasteiger partial charge in [-0.1, -0.05) is 0 Å². The number of benzene rings is 1. The number of piperazine rings is 1. The zero-order chi connectivity index (χ0) is 24.1. The van der Waals surface area contributed by atoms with Crippen LogP contribution < -0.4 is 16.4 Å². The Morgan fingerprint density at radius 1 is 0.971 bits per heavy atom. The van der Waals surface area contributed by atoms with E-state index in [2.05, 4.69) is 24.9 Å². The highest BCUT2D eigenvalue weighted by Gasteiger charge is 2.23. The first kappa shape index (κ1) is 20.6. The van der Waals surface area contributed by atoms with Gasteiger partial charge in [-0.15, -0.1) is 0 Å². The van der Waals surface area contributed by atoms with E-state index in [1.54, 1.807) is 22.9 Å². The summed E-state index contributed by atoms with van der Waals surface area (Å²) in [7, 11) is 0. The molecular formula is C21H19N11O3. The molecule has 0 spiro atoms. The van der Waals surface area contributed by atoms with Crippen LogP contribution in [0.4, 0.5) is 22.4 Å². The van der Waals surface area contributed by atoms with Crippen molar-refractivity contribution in [1.82, 2.24) is 39.6 Å². The molecule has 5 heterocycles. The smallest absolute Gasteiger partial charge is 0.407 e. The summed E-state index contributed by atoms with van der Waals surface area (Å²) in [6.07, 6.45) is 1.89. The van der Waals surface area contributed by atoms with Crippen LogP contribution in [0.2, 0.25) is 0 Å². The number of anilines is 3. The summed E-state index contributed by atoms with van der Waals surface area (Å²) in [6.45, 7) is 1.82. The summed E-state index contributed by atoms with van der Waals surface area (Å²) in [6, 6.07) is 7.26. The zero-order valence-electron chi connectivity index (χ0n) is 18.2. The third-order valence-corrected chi connectivity index (χ3v) is 5.90. The average Bonchev–Trinajstić information content (AvgIpc) is 3.44. The second-order valence-corrected chi connectivity index (χ2v) is 7.94. The van der Waals surface area contributed by atoms with Crippen molar-refractivity contribution in [2.45, 2.75) is 0 Å². The number of carboxylic acid groups (broad SMARTS) is 1. The van der Waals surface area contributed by atoms with E-state index >= 15 is 0 Å². The van der Waals surface area contributed by atoms with Crippen molar-refractivity contribution in [3.05, 3.63) is 36.9 Å². The number of rotatable bonds is 3. The quantitative estimate of drug-likeness (QED) is 0.341. The monoisotopic (exact) mass is 473 g/mol. The average molecular weight is 473 g/mol. The van der Waals surface area contributed by atoms with Crippen LogP contribution in [-0.2, 0) is 0 Å². The number of amides is 1. The van der Waals surface area contributed by atoms with Gasteiger partial charge in [0.15, 0.2) is 17.0 Å². The van der Waals surface area contributed by atoms with Gasteiger partial charge in [0, 0.05) is 37.8 Å². The largest absolute Gasteiger partial charge is 0.465 e. The highest BCUT2D eigenvalue weighted by molar-refractivity contribution is 6.00. The summed E-state index contributed by atoms with van der Waals surface area (Å²) < 4.78 is 6.96. The Bertz CT molecular complexity index is 1590. The third-order valence-electron chi connectivity index (χ3n) is 5.90. The first-order valence-corrected chi connectivity index (χ1v) is 10.7. The predicted octanol–water partition coefficient (Wildman–Crippen LogP) is 1.38. The van der Waals surface area contributed by atoms with Gasteiger partial charge in [0.1, 0.15) is 35.5 Å². The van der Waals surface area contributed by atoms with Gasteiger partial charge in [0.05, 0.1) is 5.39 Å². The van der Waals surface area contributed by atoms with Gasteiger partial charge in [0.2, 0.25) is 0 Å². The Balaban J connectivity index is 1.43. The van der Waals surface area contributed by atoms with Crippen LogP contribution in [0.5, 0.6) is 0 Å². The first-order valence-electron chi connectivity index (χ1n) is 10.7. The van der Waals surface area contributed by atoms with Crippen LogP contribution in [-0.4, -0.2) is 77.0 Å². The second-order valence-electron chi connectivity index (χ2n) is 7.94. The second kappa shape index (κ2) is 7.79. The van der Waals surface area contributed by atoms with Crippen LogP contribution in [0.15, 0.2) is 41.3 Å². The van der Waals surface area contributed by atoms with Gasteiger partial charge in [-0.3, -0.25) is 0 Å². The highest BCUT2D eigenvalue weighted by Crippen LogP contribution is 2.33. The molecule has 5 aromatic rings. The van der Waals surface area contributed by atoms with E-state index in [-0.39, 0.29) is 11.8 Å². The van der Waals surface area contributed by atoms with Gasteiger partial charge in [0.25, 0.3) is 6.01 Å². The molecule has 4 aromatic heterocycles. The first-order chi connectivity index (χ1) is 17.0. The maximum atomic E-state index is 11.2. The van der Waals surface area contributed by atoms with E-state index in [4.69, 9.17) is 21.0 Å². The fourth-order valence-electron chi connectivity index (χ4n) is 4.18. The minimum absolute atomic E-state index is 0.0769. The van der Waals surface area contributed by atoms with Crippen LogP contribution in [0.1, 0.15) is 0 Å². The van der Waals surface area contributed by atoms with Gasteiger partial charge in [-0.05, 0) is 18.2 Å². The molecule has 14 heteroatoms. The van der Waals surface area contributed by atoms with Gasteiger partial charge in [-0.2, -0.15) is 14.8 Å². The molecule has 35 heavy (non-hydrogen) atoms. The van der Waals surface area contributed by atoms with Crippen molar-refractivity contribution in [3.8, 4) is 17.1 Å².